The van der Waals surface area contributed by atoms with Gasteiger partial charge in [0.05, 0.1) is 19.9 Å². The van der Waals surface area contributed by atoms with Gasteiger partial charge in [-0.25, -0.2) is 0 Å². The molecule has 2 heterocycles. The lowest BCUT2D eigenvalue weighted by Crippen LogP contribution is -2.42. The van der Waals surface area contributed by atoms with Crippen LogP contribution in [0.3, 0.4) is 0 Å². The minimum absolute atomic E-state index is 0.0465. The number of carbonyl (C=O) groups is 2. The number of ether oxygens (including phenoxy) is 3. The molecule has 0 saturated heterocycles. The van der Waals surface area contributed by atoms with Crippen molar-refractivity contribution in [2.24, 2.45) is 0 Å². The lowest BCUT2D eigenvalue weighted by Gasteiger charge is -2.27. The molecule has 1 aromatic heterocycles. The Kier molecular flexibility index (Phi) is 7.37. The number of carbonyl (C=O) groups excluding carboxylic acids is 2. The summed E-state index contributed by atoms with van der Waals surface area (Å²) in [6.07, 6.45) is 2.30. The molecule has 8 nitrogen and oxygen atoms in total. The van der Waals surface area contributed by atoms with E-state index in [0.717, 1.165) is 12.0 Å². The van der Waals surface area contributed by atoms with Crippen molar-refractivity contribution in [2.75, 3.05) is 27.0 Å². The summed E-state index contributed by atoms with van der Waals surface area (Å²) in [5.41, 5.74) is 1.37. The lowest BCUT2D eigenvalue weighted by molar-refractivity contribution is -0.133. The molecule has 3 aromatic rings. The monoisotopic (exact) mass is 464 g/mol. The number of rotatable bonds is 10. The van der Waals surface area contributed by atoms with E-state index in [2.05, 4.69) is 0 Å². The maximum Gasteiger partial charge on any atom is 0.254 e. The summed E-state index contributed by atoms with van der Waals surface area (Å²) in [4.78, 5) is 29.9. The molecular weight excluding hydrogens is 436 g/mol. The maximum atomic E-state index is 13.5. The molecule has 2 aromatic carbocycles. The summed E-state index contributed by atoms with van der Waals surface area (Å²) in [6.45, 7) is 3.20. The number of hydrogen-bond acceptors (Lipinski definition) is 6. The highest BCUT2D eigenvalue weighted by Crippen LogP contribution is 2.33. The van der Waals surface area contributed by atoms with Crippen LogP contribution in [-0.4, -0.2) is 48.6 Å². The van der Waals surface area contributed by atoms with Crippen LogP contribution in [0.5, 0.6) is 17.2 Å². The van der Waals surface area contributed by atoms with Gasteiger partial charge in [0, 0.05) is 18.7 Å². The molecule has 0 saturated carbocycles. The van der Waals surface area contributed by atoms with Gasteiger partial charge in [0.1, 0.15) is 18.1 Å². The summed E-state index contributed by atoms with van der Waals surface area (Å²) >= 11 is 0. The number of benzene rings is 2. The van der Waals surface area contributed by atoms with Crippen molar-refractivity contribution >= 4 is 11.8 Å². The van der Waals surface area contributed by atoms with Crippen LogP contribution in [0.25, 0.3) is 0 Å². The summed E-state index contributed by atoms with van der Waals surface area (Å²) in [5, 5.41) is 0. The SMILES string of the molecule is CCCN(CC(=O)N(Cc1ccc2c(c1)OCO2)Cc1ccco1)C(=O)c1cccc(OC)c1. The first-order valence-corrected chi connectivity index (χ1v) is 11.2. The number of fused-ring (bicyclic) bond motifs is 1. The molecule has 2 amide bonds. The highest BCUT2D eigenvalue weighted by atomic mass is 16.7. The van der Waals surface area contributed by atoms with Crippen LogP contribution in [0.4, 0.5) is 0 Å². The zero-order valence-corrected chi connectivity index (χ0v) is 19.4. The van der Waals surface area contributed by atoms with Crippen LogP contribution in [0.15, 0.2) is 65.3 Å². The first kappa shape index (κ1) is 23.2. The number of furan rings is 1. The first-order valence-electron chi connectivity index (χ1n) is 11.2. The van der Waals surface area contributed by atoms with Crippen LogP contribution in [-0.2, 0) is 17.9 Å². The molecule has 0 spiro atoms. The van der Waals surface area contributed by atoms with Crippen molar-refractivity contribution in [2.45, 2.75) is 26.4 Å². The van der Waals surface area contributed by atoms with Gasteiger partial charge in [0.2, 0.25) is 12.7 Å². The van der Waals surface area contributed by atoms with Gasteiger partial charge in [0.15, 0.2) is 11.5 Å². The average molecular weight is 465 g/mol. The second-order valence-electron chi connectivity index (χ2n) is 7.98. The number of hydrogen-bond donors (Lipinski definition) is 0. The quantitative estimate of drug-likeness (QED) is 0.449. The second kappa shape index (κ2) is 10.8. The van der Waals surface area contributed by atoms with Gasteiger partial charge in [-0.15, -0.1) is 0 Å². The number of nitrogens with zero attached hydrogens (tertiary/aromatic N) is 2. The normalized spacial score (nSPS) is 11.8. The van der Waals surface area contributed by atoms with E-state index >= 15 is 0 Å². The first-order chi connectivity index (χ1) is 16.6. The molecule has 1 aliphatic heterocycles. The molecule has 0 aliphatic carbocycles. The Morgan fingerprint density at radius 2 is 1.82 bits per heavy atom. The highest BCUT2D eigenvalue weighted by molar-refractivity contribution is 5.96. The van der Waals surface area contributed by atoms with Gasteiger partial charge in [-0.3, -0.25) is 9.59 Å². The topological polar surface area (TPSA) is 81.5 Å². The average Bonchev–Trinajstić information content (AvgIpc) is 3.54. The van der Waals surface area contributed by atoms with Crippen molar-refractivity contribution in [3.05, 3.63) is 77.7 Å². The zero-order valence-electron chi connectivity index (χ0n) is 19.4. The van der Waals surface area contributed by atoms with E-state index in [1.807, 2.05) is 31.2 Å². The minimum Gasteiger partial charge on any atom is -0.497 e. The van der Waals surface area contributed by atoms with E-state index in [1.165, 1.54) is 0 Å². The summed E-state index contributed by atoms with van der Waals surface area (Å²) in [5.74, 6) is 2.20. The molecule has 4 rings (SSSR count). The lowest BCUT2D eigenvalue weighted by atomic mass is 10.1. The van der Waals surface area contributed by atoms with Gasteiger partial charge in [-0.1, -0.05) is 19.1 Å². The molecule has 178 valence electrons. The van der Waals surface area contributed by atoms with E-state index in [1.54, 1.807) is 53.5 Å². The second-order valence-corrected chi connectivity index (χ2v) is 7.98. The Morgan fingerprint density at radius 1 is 0.971 bits per heavy atom. The maximum absolute atomic E-state index is 13.5. The van der Waals surface area contributed by atoms with E-state index in [9.17, 15) is 9.59 Å². The van der Waals surface area contributed by atoms with Crippen molar-refractivity contribution in [3.8, 4) is 17.2 Å². The van der Waals surface area contributed by atoms with Gasteiger partial charge < -0.3 is 28.4 Å². The van der Waals surface area contributed by atoms with E-state index in [-0.39, 0.29) is 31.7 Å². The predicted octanol–water partition coefficient (Wildman–Crippen LogP) is 4.10. The fraction of sp³-hybridized carbons (Fsp3) is 0.308. The van der Waals surface area contributed by atoms with Gasteiger partial charge in [-0.2, -0.15) is 0 Å². The summed E-state index contributed by atoms with van der Waals surface area (Å²) in [7, 11) is 1.56. The van der Waals surface area contributed by atoms with E-state index in [4.69, 9.17) is 18.6 Å². The fourth-order valence-electron chi connectivity index (χ4n) is 3.81. The third-order valence-electron chi connectivity index (χ3n) is 5.51. The Bertz CT molecular complexity index is 1130. The van der Waals surface area contributed by atoms with E-state index in [0.29, 0.717) is 41.7 Å². The molecular formula is C26H28N2O6. The van der Waals surface area contributed by atoms with Crippen molar-refractivity contribution in [1.82, 2.24) is 9.80 Å². The van der Waals surface area contributed by atoms with Crippen molar-refractivity contribution < 1.29 is 28.2 Å². The Balaban J connectivity index is 1.53. The molecule has 8 heteroatoms. The molecule has 0 fully saturated rings. The Hall–Kier alpha value is -3.94. The molecule has 0 N–H and O–H groups in total. The molecule has 0 bridgehead atoms. The molecule has 1 aliphatic rings. The van der Waals surface area contributed by atoms with Crippen molar-refractivity contribution in [1.29, 1.82) is 0 Å². The number of methoxy groups -OCH3 is 1. The highest BCUT2D eigenvalue weighted by Gasteiger charge is 2.24. The van der Waals surface area contributed by atoms with Gasteiger partial charge in [-0.05, 0) is 54.4 Å². The number of amides is 2. The Morgan fingerprint density at radius 3 is 2.59 bits per heavy atom. The zero-order chi connectivity index (χ0) is 23.9. The van der Waals surface area contributed by atoms with Crippen molar-refractivity contribution in [3.63, 3.8) is 0 Å². The molecule has 0 unspecified atom stereocenters. The molecule has 0 radical (unpaired) electrons. The third-order valence-corrected chi connectivity index (χ3v) is 5.51. The Labute approximate surface area is 198 Å². The fourth-order valence-corrected chi connectivity index (χ4v) is 3.81. The van der Waals surface area contributed by atoms with Crippen LogP contribution >= 0.6 is 0 Å². The standard InChI is InChI=1S/C26H28N2O6/c1-3-11-27(26(30)20-6-4-7-21(14-20)31-2)17-25(29)28(16-22-8-5-12-32-22)15-19-9-10-23-24(13-19)34-18-33-23/h4-10,12-14H,3,11,15-18H2,1-2H3. The molecule has 34 heavy (non-hydrogen) atoms. The van der Waals surface area contributed by atoms with Crippen LogP contribution in [0.1, 0.15) is 35.0 Å². The predicted molar refractivity (Wildman–Crippen MR) is 125 cm³/mol. The largest absolute Gasteiger partial charge is 0.497 e. The van der Waals surface area contributed by atoms with Gasteiger partial charge >= 0.3 is 0 Å². The van der Waals surface area contributed by atoms with E-state index < -0.39 is 0 Å². The minimum atomic E-state index is -0.213. The third kappa shape index (κ3) is 5.51. The van der Waals surface area contributed by atoms with Crippen LogP contribution < -0.4 is 14.2 Å². The summed E-state index contributed by atoms with van der Waals surface area (Å²) < 4.78 is 21.6. The van der Waals surface area contributed by atoms with Gasteiger partial charge in [0.25, 0.3) is 5.91 Å². The smallest absolute Gasteiger partial charge is 0.254 e. The van der Waals surface area contributed by atoms with Crippen LogP contribution in [0.2, 0.25) is 0 Å². The van der Waals surface area contributed by atoms with Crippen LogP contribution in [0, 0.1) is 0 Å². The summed E-state index contributed by atoms with van der Waals surface area (Å²) in [6, 6.07) is 16.2. The molecule has 0 atom stereocenters.